The third-order valence-corrected chi connectivity index (χ3v) is 16.0. The molecule has 4 heteroatoms. The third kappa shape index (κ3) is 9.49. The molecule has 2 saturated carbocycles. The van der Waals surface area contributed by atoms with Crippen molar-refractivity contribution in [2.75, 3.05) is 5.73 Å². The second-order valence-electron chi connectivity index (χ2n) is 15.1. The summed E-state index contributed by atoms with van der Waals surface area (Å²) in [5, 5.41) is 1.76. The summed E-state index contributed by atoms with van der Waals surface area (Å²) in [5.41, 5.74) is 18.6. The fourth-order valence-corrected chi connectivity index (χ4v) is 13.4. The number of hydrogen-bond donors (Lipinski definition) is 1. The van der Waals surface area contributed by atoms with Crippen LogP contribution in [-0.4, -0.2) is 11.3 Å². The number of halogens is 1. The molecule has 49 heavy (non-hydrogen) atoms. The Kier molecular flexibility index (Phi) is 14.5. The number of hydrogen-bond acceptors (Lipinski definition) is 1. The summed E-state index contributed by atoms with van der Waals surface area (Å²) in [7, 11) is 5.81. The van der Waals surface area contributed by atoms with Crippen LogP contribution in [-0.2, 0) is 17.0 Å². The molecule has 0 aromatic heterocycles. The quantitative estimate of drug-likeness (QED) is 0.102. The van der Waals surface area contributed by atoms with Crippen molar-refractivity contribution in [2.45, 2.75) is 135 Å². The standard InChI is InChI=1S/C33H49P.C12H10N.ClH.Pd/c1-23(2)26-20-21-30(31(22-26)25(5)6)33-29(24(3)4)18-13-19-32(33)34(27-14-9-7-10-15-27)28-16-11-8-12-17-28;13-12-9-5-4-8-11(12)10-6-2-1-3-7-10;;/h13,18-25,27-28H,7-12,14-17H2,1-6H3;1-6,8-9H,13H2;1H;/q;;;+1/p-1. The van der Waals surface area contributed by atoms with E-state index in [1.54, 1.807) is 22.0 Å². The Bertz CT molecular complexity index is 1620. The van der Waals surface area contributed by atoms with Crippen molar-refractivity contribution in [1.82, 2.24) is 0 Å². The molecule has 0 amide bonds. The molecule has 0 aliphatic heterocycles. The van der Waals surface area contributed by atoms with Crippen molar-refractivity contribution in [2.24, 2.45) is 0 Å². The van der Waals surface area contributed by atoms with E-state index in [1.807, 2.05) is 42.5 Å². The van der Waals surface area contributed by atoms with Gasteiger partial charge in [-0.15, -0.1) is 0 Å². The first kappa shape index (κ1) is 38.3. The van der Waals surface area contributed by atoms with Crippen LogP contribution in [0.4, 0.5) is 5.69 Å². The van der Waals surface area contributed by atoms with Crippen LogP contribution in [0.15, 0.2) is 84.9 Å². The second kappa shape index (κ2) is 18.5. The first-order valence-electron chi connectivity index (χ1n) is 18.9. The molecule has 2 aliphatic rings. The van der Waals surface area contributed by atoms with Crippen molar-refractivity contribution in [3.63, 3.8) is 0 Å². The maximum absolute atomic E-state index is 5.94. The topological polar surface area (TPSA) is 26.0 Å². The van der Waals surface area contributed by atoms with Gasteiger partial charge in [0, 0.05) is 0 Å². The van der Waals surface area contributed by atoms with Gasteiger partial charge in [0.25, 0.3) is 0 Å². The van der Waals surface area contributed by atoms with Crippen LogP contribution in [0.2, 0.25) is 0 Å². The van der Waals surface area contributed by atoms with Crippen LogP contribution in [0.25, 0.3) is 22.3 Å². The summed E-state index contributed by atoms with van der Waals surface area (Å²) in [6, 6.07) is 30.9. The van der Waals surface area contributed by atoms with Gasteiger partial charge >= 0.3 is 102 Å². The molecule has 0 bridgehead atoms. The summed E-state index contributed by atoms with van der Waals surface area (Å²) in [5.74, 6) is 1.67. The average molecular weight is 787 g/mol. The molecular formula is C45H59ClNPPd. The van der Waals surface area contributed by atoms with Crippen LogP contribution in [0.5, 0.6) is 0 Å². The molecule has 0 saturated heterocycles. The van der Waals surface area contributed by atoms with Crippen molar-refractivity contribution < 1.29 is 17.0 Å². The number of nitrogens with two attached hydrogens (primary N) is 1. The molecular weight excluding hydrogens is 727 g/mol. The zero-order valence-electron chi connectivity index (χ0n) is 30.8. The SMILES string of the molecule is CC(C)c1ccc(-c2c(C(C)C)cccc2P(C2CCCCC2)C2CCCCC2)c(C(C)C)c1.Nc1ccccc1-c1cccc[c]1[Pd][Cl]. The van der Waals surface area contributed by atoms with Gasteiger partial charge in [-0.25, -0.2) is 0 Å². The van der Waals surface area contributed by atoms with Crippen LogP contribution < -0.4 is 15.1 Å². The zero-order valence-corrected chi connectivity index (χ0v) is 34.0. The molecule has 0 unspecified atom stereocenters. The van der Waals surface area contributed by atoms with E-state index in [1.165, 1.54) is 75.3 Å². The predicted molar refractivity (Wildman–Crippen MR) is 216 cm³/mol. The summed E-state index contributed by atoms with van der Waals surface area (Å²) in [6.45, 7) is 14.3. The number of para-hydroxylation sites is 1. The molecule has 0 atom stereocenters. The summed E-state index contributed by atoms with van der Waals surface area (Å²) in [6.07, 6.45) is 14.6. The van der Waals surface area contributed by atoms with Gasteiger partial charge in [0.15, 0.2) is 0 Å². The monoisotopic (exact) mass is 785 g/mol. The Morgan fingerprint density at radius 2 is 1.16 bits per heavy atom. The minimum atomic E-state index is -0.129. The summed E-state index contributed by atoms with van der Waals surface area (Å²) >= 11 is 0.0778. The first-order chi connectivity index (χ1) is 23.7. The van der Waals surface area contributed by atoms with Gasteiger partial charge in [0.2, 0.25) is 0 Å². The van der Waals surface area contributed by atoms with Crippen molar-refractivity contribution in [3.05, 3.63) is 102 Å². The molecule has 2 N–H and O–H groups in total. The van der Waals surface area contributed by atoms with Crippen LogP contribution in [0.1, 0.15) is 140 Å². The van der Waals surface area contributed by atoms with Crippen LogP contribution >= 0.6 is 17.5 Å². The number of benzene rings is 4. The molecule has 4 aromatic rings. The van der Waals surface area contributed by atoms with Gasteiger partial charge in [-0.2, -0.15) is 0 Å². The molecule has 4 aromatic carbocycles. The fourth-order valence-electron chi connectivity index (χ4n) is 8.06. The van der Waals surface area contributed by atoms with Gasteiger partial charge in [-0.1, -0.05) is 124 Å². The Labute approximate surface area is 312 Å². The molecule has 0 radical (unpaired) electrons. The third-order valence-electron chi connectivity index (χ3n) is 10.7. The van der Waals surface area contributed by atoms with Gasteiger partial charge < -0.3 is 0 Å². The Morgan fingerprint density at radius 3 is 1.71 bits per heavy atom. The van der Waals surface area contributed by atoms with Crippen molar-refractivity contribution in [3.8, 4) is 22.3 Å². The Morgan fingerprint density at radius 1 is 0.592 bits per heavy atom. The molecule has 1 nitrogen and oxygen atoms in total. The average Bonchev–Trinajstić information content (AvgIpc) is 3.12. The second-order valence-corrected chi connectivity index (χ2v) is 19.7. The predicted octanol–water partition coefficient (Wildman–Crippen LogP) is 13.3. The van der Waals surface area contributed by atoms with E-state index >= 15 is 0 Å². The molecule has 6 rings (SSSR count). The fraction of sp³-hybridized carbons (Fsp3) is 0.467. The Balaban J connectivity index is 0.000000259. The van der Waals surface area contributed by atoms with E-state index in [2.05, 4.69) is 84.0 Å². The summed E-state index contributed by atoms with van der Waals surface area (Å²) in [4.78, 5) is 0. The van der Waals surface area contributed by atoms with E-state index in [9.17, 15) is 0 Å². The normalized spacial score (nSPS) is 16.1. The number of nitrogen functional groups attached to an aromatic ring is 1. The van der Waals surface area contributed by atoms with Gasteiger partial charge in [0.1, 0.15) is 0 Å². The Hall–Kier alpha value is -1.94. The van der Waals surface area contributed by atoms with E-state index in [4.69, 9.17) is 15.3 Å². The van der Waals surface area contributed by atoms with Gasteiger partial charge in [-0.05, 0) is 87.9 Å². The molecule has 0 spiro atoms. The maximum atomic E-state index is 5.94. The van der Waals surface area contributed by atoms with E-state index in [-0.39, 0.29) is 24.9 Å². The molecule has 0 heterocycles. The van der Waals surface area contributed by atoms with Crippen molar-refractivity contribution in [1.29, 1.82) is 0 Å². The summed E-state index contributed by atoms with van der Waals surface area (Å²) < 4.78 is 1.16. The minimum absolute atomic E-state index is 0.0778. The number of anilines is 1. The van der Waals surface area contributed by atoms with E-state index < -0.39 is 0 Å². The molecule has 2 fully saturated rings. The number of rotatable bonds is 9. The molecule has 2 aliphatic carbocycles. The first-order valence-corrected chi connectivity index (χ1v) is 23.2. The zero-order chi connectivity index (χ0) is 34.9. The van der Waals surface area contributed by atoms with Crippen molar-refractivity contribution >= 4 is 32.5 Å². The van der Waals surface area contributed by atoms with Crippen LogP contribution in [0, 0.1) is 0 Å². The molecule has 266 valence electrons. The van der Waals surface area contributed by atoms with Gasteiger partial charge in [-0.3, -0.25) is 0 Å². The van der Waals surface area contributed by atoms with Gasteiger partial charge in [0.05, 0.1) is 0 Å². The van der Waals surface area contributed by atoms with E-state index in [0.29, 0.717) is 17.8 Å². The van der Waals surface area contributed by atoms with E-state index in [0.717, 1.165) is 32.2 Å². The van der Waals surface area contributed by atoms with Crippen LogP contribution in [0.3, 0.4) is 0 Å².